The second-order valence-corrected chi connectivity index (χ2v) is 3.98. The van der Waals surface area contributed by atoms with Crippen molar-refractivity contribution in [1.82, 2.24) is 15.4 Å². The van der Waals surface area contributed by atoms with Gasteiger partial charge >= 0.3 is 0 Å². The molecule has 7 heteroatoms. The fourth-order valence-corrected chi connectivity index (χ4v) is 1.80. The van der Waals surface area contributed by atoms with Gasteiger partial charge in [0.1, 0.15) is 13.2 Å². The number of fused-ring (bicyclic) bond motifs is 1. The molecule has 102 valence electrons. The predicted molar refractivity (Wildman–Crippen MR) is 70.6 cm³/mol. The van der Waals surface area contributed by atoms with E-state index in [1.807, 2.05) is 0 Å². The number of para-hydroxylation sites is 1. The predicted octanol–water partition coefficient (Wildman–Crippen LogP) is 1.00. The molecule has 0 saturated carbocycles. The first kappa shape index (κ1) is 12.2. The van der Waals surface area contributed by atoms with E-state index >= 15 is 0 Å². The molecule has 2 aromatic rings. The second kappa shape index (κ2) is 5.43. The number of carbonyl (C=O) groups excluding carboxylic acids is 1. The molecular weight excluding hydrogens is 260 g/mol. The summed E-state index contributed by atoms with van der Waals surface area (Å²) in [6.45, 7) is 0.903. The number of benzene rings is 1. The average molecular weight is 272 g/mol. The highest BCUT2D eigenvalue weighted by molar-refractivity contribution is 5.98. The van der Waals surface area contributed by atoms with E-state index in [2.05, 4.69) is 20.8 Å². The Kier molecular flexibility index (Phi) is 3.32. The summed E-state index contributed by atoms with van der Waals surface area (Å²) >= 11 is 0. The van der Waals surface area contributed by atoms with Gasteiger partial charge in [0, 0.05) is 12.4 Å². The van der Waals surface area contributed by atoms with Crippen molar-refractivity contribution in [2.45, 2.75) is 0 Å². The molecule has 0 atom stereocenters. The van der Waals surface area contributed by atoms with Crippen molar-refractivity contribution in [3.05, 3.63) is 42.2 Å². The molecule has 2 heterocycles. The van der Waals surface area contributed by atoms with Gasteiger partial charge in [-0.25, -0.2) is 9.97 Å². The molecule has 1 amide bonds. The number of hydrazine groups is 1. The summed E-state index contributed by atoms with van der Waals surface area (Å²) in [4.78, 5) is 20.0. The summed E-state index contributed by atoms with van der Waals surface area (Å²) in [7, 11) is 0. The summed E-state index contributed by atoms with van der Waals surface area (Å²) in [6, 6.07) is 6.85. The van der Waals surface area contributed by atoms with Crippen molar-refractivity contribution >= 4 is 11.9 Å². The van der Waals surface area contributed by atoms with E-state index in [1.54, 1.807) is 36.7 Å². The molecule has 20 heavy (non-hydrogen) atoms. The summed E-state index contributed by atoms with van der Waals surface area (Å²) < 4.78 is 10.9. The standard InChI is InChI=1S/C13H12N4O3/c18-12(16-17-13-14-5-2-6-15-13)9-3-1-4-10-11(9)20-8-7-19-10/h1-6H,7-8H2,(H,16,18)(H,14,15,17). The maximum atomic E-state index is 12.1. The van der Waals surface area contributed by atoms with Crippen molar-refractivity contribution in [2.75, 3.05) is 18.6 Å². The highest BCUT2D eigenvalue weighted by atomic mass is 16.6. The Bertz CT molecular complexity index is 618. The van der Waals surface area contributed by atoms with Crippen LogP contribution in [0.1, 0.15) is 10.4 Å². The Morgan fingerprint density at radius 1 is 1.10 bits per heavy atom. The normalized spacial score (nSPS) is 12.6. The van der Waals surface area contributed by atoms with Crippen LogP contribution in [0.3, 0.4) is 0 Å². The molecule has 1 aliphatic rings. The fourth-order valence-electron chi connectivity index (χ4n) is 1.80. The van der Waals surface area contributed by atoms with Crippen LogP contribution in [0.5, 0.6) is 11.5 Å². The van der Waals surface area contributed by atoms with E-state index in [9.17, 15) is 4.79 Å². The number of amides is 1. The Balaban J connectivity index is 1.74. The molecular formula is C13H12N4O3. The zero-order valence-corrected chi connectivity index (χ0v) is 10.5. The lowest BCUT2D eigenvalue weighted by molar-refractivity contribution is 0.0951. The number of carbonyl (C=O) groups is 1. The van der Waals surface area contributed by atoms with Gasteiger partial charge in [-0.05, 0) is 18.2 Å². The number of rotatable bonds is 3. The highest BCUT2D eigenvalue weighted by Gasteiger charge is 2.20. The van der Waals surface area contributed by atoms with Gasteiger partial charge in [-0.1, -0.05) is 6.07 Å². The first-order chi connectivity index (χ1) is 9.84. The smallest absolute Gasteiger partial charge is 0.273 e. The largest absolute Gasteiger partial charge is 0.486 e. The number of nitrogens with one attached hydrogen (secondary N) is 2. The van der Waals surface area contributed by atoms with Crippen molar-refractivity contribution < 1.29 is 14.3 Å². The second-order valence-electron chi connectivity index (χ2n) is 3.98. The first-order valence-electron chi connectivity index (χ1n) is 6.06. The number of ether oxygens (including phenoxy) is 2. The van der Waals surface area contributed by atoms with Crippen LogP contribution in [0.2, 0.25) is 0 Å². The first-order valence-corrected chi connectivity index (χ1v) is 6.06. The summed E-state index contributed by atoms with van der Waals surface area (Å²) in [5.74, 6) is 0.981. The highest BCUT2D eigenvalue weighted by Crippen LogP contribution is 2.33. The van der Waals surface area contributed by atoms with Gasteiger partial charge in [-0.3, -0.25) is 15.6 Å². The Morgan fingerprint density at radius 3 is 2.75 bits per heavy atom. The van der Waals surface area contributed by atoms with Crippen LogP contribution in [0, 0.1) is 0 Å². The number of aromatic nitrogens is 2. The Hall–Kier alpha value is -2.83. The molecule has 1 aromatic carbocycles. The third kappa shape index (κ3) is 2.46. The molecule has 0 spiro atoms. The van der Waals surface area contributed by atoms with Crippen molar-refractivity contribution in [3.8, 4) is 11.5 Å². The SMILES string of the molecule is O=C(NNc1ncccn1)c1cccc2c1OCCO2. The van der Waals surface area contributed by atoms with Crippen LogP contribution in [-0.4, -0.2) is 29.1 Å². The van der Waals surface area contributed by atoms with Crippen LogP contribution < -0.4 is 20.3 Å². The van der Waals surface area contributed by atoms with Gasteiger partial charge < -0.3 is 9.47 Å². The minimum absolute atomic E-state index is 0.308. The average Bonchev–Trinajstić information content (AvgIpc) is 2.53. The van der Waals surface area contributed by atoms with Crippen LogP contribution in [0.4, 0.5) is 5.95 Å². The van der Waals surface area contributed by atoms with E-state index in [-0.39, 0.29) is 5.91 Å². The lowest BCUT2D eigenvalue weighted by atomic mass is 10.1. The van der Waals surface area contributed by atoms with Crippen molar-refractivity contribution in [3.63, 3.8) is 0 Å². The maximum Gasteiger partial charge on any atom is 0.273 e. The van der Waals surface area contributed by atoms with E-state index in [0.29, 0.717) is 36.2 Å². The zero-order valence-electron chi connectivity index (χ0n) is 10.5. The molecule has 0 radical (unpaired) electrons. The molecule has 0 unspecified atom stereocenters. The third-order valence-corrected chi connectivity index (χ3v) is 2.66. The van der Waals surface area contributed by atoms with Gasteiger partial charge in [0.2, 0.25) is 5.95 Å². The fraction of sp³-hybridized carbons (Fsp3) is 0.154. The number of nitrogens with zero attached hydrogens (tertiary/aromatic N) is 2. The molecule has 3 rings (SSSR count). The van der Waals surface area contributed by atoms with Gasteiger partial charge in [0.25, 0.3) is 5.91 Å². The Labute approximate surface area is 114 Å². The van der Waals surface area contributed by atoms with E-state index in [1.165, 1.54) is 0 Å². The molecule has 1 aliphatic heterocycles. The summed E-state index contributed by atoms with van der Waals surface area (Å²) in [5.41, 5.74) is 5.54. The minimum Gasteiger partial charge on any atom is -0.486 e. The number of anilines is 1. The van der Waals surface area contributed by atoms with E-state index in [0.717, 1.165) is 0 Å². The van der Waals surface area contributed by atoms with Crippen LogP contribution >= 0.6 is 0 Å². The van der Waals surface area contributed by atoms with Crippen LogP contribution in [-0.2, 0) is 0 Å². The monoisotopic (exact) mass is 272 g/mol. The lowest BCUT2D eigenvalue weighted by Gasteiger charge is -2.20. The maximum absolute atomic E-state index is 12.1. The van der Waals surface area contributed by atoms with Gasteiger partial charge in [-0.2, -0.15) is 0 Å². The molecule has 0 aliphatic carbocycles. The minimum atomic E-state index is -0.347. The molecule has 2 N–H and O–H groups in total. The number of hydrogen-bond acceptors (Lipinski definition) is 6. The zero-order chi connectivity index (χ0) is 13.8. The van der Waals surface area contributed by atoms with Crippen LogP contribution in [0.25, 0.3) is 0 Å². The van der Waals surface area contributed by atoms with E-state index < -0.39 is 0 Å². The summed E-state index contributed by atoms with van der Waals surface area (Å²) in [5, 5.41) is 0. The Morgan fingerprint density at radius 2 is 1.90 bits per heavy atom. The van der Waals surface area contributed by atoms with E-state index in [4.69, 9.17) is 9.47 Å². The van der Waals surface area contributed by atoms with Gasteiger partial charge in [-0.15, -0.1) is 0 Å². The molecule has 0 saturated heterocycles. The lowest BCUT2D eigenvalue weighted by Crippen LogP contribution is -2.31. The van der Waals surface area contributed by atoms with Crippen molar-refractivity contribution in [2.24, 2.45) is 0 Å². The molecule has 7 nitrogen and oxygen atoms in total. The molecule has 0 bridgehead atoms. The quantitative estimate of drug-likeness (QED) is 0.811. The third-order valence-electron chi connectivity index (χ3n) is 2.66. The number of hydrogen-bond donors (Lipinski definition) is 2. The van der Waals surface area contributed by atoms with Crippen LogP contribution in [0.15, 0.2) is 36.7 Å². The van der Waals surface area contributed by atoms with Crippen molar-refractivity contribution in [1.29, 1.82) is 0 Å². The summed E-state index contributed by atoms with van der Waals surface area (Å²) in [6.07, 6.45) is 3.14. The topological polar surface area (TPSA) is 85.4 Å². The molecule has 1 aromatic heterocycles. The van der Waals surface area contributed by atoms with Gasteiger partial charge in [0.15, 0.2) is 11.5 Å². The molecule has 0 fully saturated rings. The van der Waals surface area contributed by atoms with Gasteiger partial charge in [0.05, 0.1) is 5.56 Å².